The average Bonchev–Trinajstić information content (AvgIpc) is 3.51. The first-order valence-corrected chi connectivity index (χ1v) is 15.6. The number of aryl methyl sites for hydroxylation is 1. The molecular weight excluding hydrogens is 593 g/mol. The van der Waals surface area contributed by atoms with Gasteiger partial charge in [0.1, 0.15) is 11.4 Å². The number of hydrogen-bond acceptors (Lipinski definition) is 9. The van der Waals surface area contributed by atoms with Crippen molar-refractivity contribution in [2.75, 3.05) is 43.1 Å². The predicted molar refractivity (Wildman–Crippen MR) is 171 cm³/mol. The minimum Gasteiger partial charge on any atom is -0.444 e. The number of aromatic nitrogens is 6. The van der Waals surface area contributed by atoms with Crippen LogP contribution in [0.4, 0.5) is 21.0 Å². The summed E-state index contributed by atoms with van der Waals surface area (Å²) in [4.78, 5) is 43.0. The van der Waals surface area contributed by atoms with Crippen molar-refractivity contribution in [3.63, 3.8) is 0 Å². The third-order valence-electron chi connectivity index (χ3n) is 8.16. The minimum atomic E-state index is -0.589. The van der Waals surface area contributed by atoms with E-state index in [2.05, 4.69) is 20.3 Å². The van der Waals surface area contributed by atoms with Gasteiger partial charge in [-0.05, 0) is 59.6 Å². The molecule has 2 fully saturated rings. The third kappa shape index (κ3) is 6.26. The molecule has 1 aromatic carbocycles. The summed E-state index contributed by atoms with van der Waals surface area (Å²) in [5, 5.41) is 7.43. The first-order chi connectivity index (χ1) is 21.9. The van der Waals surface area contributed by atoms with E-state index in [9.17, 15) is 9.59 Å². The van der Waals surface area contributed by atoms with Gasteiger partial charge in [-0.25, -0.2) is 24.0 Å². The summed E-state index contributed by atoms with van der Waals surface area (Å²) in [5.74, 6) is 0.295. The lowest BCUT2D eigenvalue weighted by atomic mass is 10.1. The van der Waals surface area contributed by atoms with E-state index in [0.717, 1.165) is 0 Å². The topological polar surface area (TPSA) is 133 Å². The van der Waals surface area contributed by atoms with Crippen LogP contribution in [0.1, 0.15) is 59.2 Å². The number of ether oxygens (including phenoxy) is 2. The fourth-order valence-corrected chi connectivity index (χ4v) is 6.01. The van der Waals surface area contributed by atoms with E-state index in [1.54, 1.807) is 22.5 Å². The molecule has 4 aromatic rings. The summed E-state index contributed by atoms with van der Waals surface area (Å²) >= 11 is 0. The lowest BCUT2D eigenvalue weighted by Gasteiger charge is -2.34. The molecule has 6 rings (SSSR count). The number of carbonyl (C=O) groups is 2. The zero-order valence-electron chi connectivity index (χ0n) is 27.1. The van der Waals surface area contributed by atoms with E-state index in [-0.39, 0.29) is 41.5 Å². The van der Waals surface area contributed by atoms with Crippen LogP contribution in [0, 0.1) is 12.9 Å². The maximum absolute atomic E-state index is 16.5. The normalized spacial score (nSPS) is 17.8. The van der Waals surface area contributed by atoms with Gasteiger partial charge >= 0.3 is 6.09 Å². The number of anilines is 2. The van der Waals surface area contributed by atoms with E-state index < -0.39 is 11.5 Å². The summed E-state index contributed by atoms with van der Waals surface area (Å²) in [6.45, 7) is 13.2. The van der Waals surface area contributed by atoms with Gasteiger partial charge in [0, 0.05) is 32.6 Å². The minimum absolute atomic E-state index is 0.0162. The van der Waals surface area contributed by atoms with Gasteiger partial charge in [0.05, 0.1) is 53.3 Å². The second-order valence-electron chi connectivity index (χ2n) is 12.9. The van der Waals surface area contributed by atoms with Gasteiger partial charge in [-0.15, -0.1) is 0 Å². The molecule has 244 valence electrons. The molecule has 0 spiro atoms. The fraction of sp³-hybridized carbons (Fsp3) is 0.500. The molecule has 2 aliphatic rings. The Morgan fingerprint density at radius 3 is 2.52 bits per heavy atom. The van der Waals surface area contributed by atoms with Crippen LogP contribution < -0.4 is 10.2 Å². The number of nitrogens with zero attached hydrogens (tertiary/aromatic N) is 8. The van der Waals surface area contributed by atoms with E-state index in [1.165, 1.54) is 11.6 Å². The number of benzene rings is 1. The van der Waals surface area contributed by atoms with Crippen molar-refractivity contribution < 1.29 is 23.5 Å². The maximum atomic E-state index is 16.5. The number of fused-ring (bicyclic) bond motifs is 1. The SMILES string of the molecule is CC(=O)Nc1nc2ccccc2n1-c1nc(-c2c(C)nn(C3CCN(C(=O)OC(C)(C)C)CC3)c2F)cc(N2CCOC[C@H]2C)n1. The van der Waals surface area contributed by atoms with Crippen LogP contribution in [-0.4, -0.2) is 90.7 Å². The summed E-state index contributed by atoms with van der Waals surface area (Å²) in [6, 6.07) is 9.00. The highest BCUT2D eigenvalue weighted by atomic mass is 19.1. The molecule has 2 amide bonds. The number of likely N-dealkylation sites (tertiary alicyclic amines) is 1. The van der Waals surface area contributed by atoms with Crippen LogP contribution in [0.5, 0.6) is 0 Å². The fourth-order valence-electron chi connectivity index (χ4n) is 6.01. The molecular formula is C32H40FN9O4. The Hall–Kier alpha value is -4.59. The quantitative estimate of drug-likeness (QED) is 0.327. The van der Waals surface area contributed by atoms with Crippen LogP contribution in [0.15, 0.2) is 30.3 Å². The van der Waals surface area contributed by atoms with Gasteiger partial charge in [0.15, 0.2) is 0 Å². The van der Waals surface area contributed by atoms with Gasteiger partial charge in [-0.2, -0.15) is 14.5 Å². The van der Waals surface area contributed by atoms with Gasteiger partial charge in [0.2, 0.25) is 23.8 Å². The van der Waals surface area contributed by atoms with Crippen molar-refractivity contribution in [2.24, 2.45) is 0 Å². The van der Waals surface area contributed by atoms with Crippen molar-refractivity contribution in [3.05, 3.63) is 42.0 Å². The van der Waals surface area contributed by atoms with Crippen LogP contribution in [0.25, 0.3) is 28.2 Å². The molecule has 46 heavy (non-hydrogen) atoms. The van der Waals surface area contributed by atoms with Gasteiger partial charge in [-0.3, -0.25) is 10.1 Å². The summed E-state index contributed by atoms with van der Waals surface area (Å²) in [6.07, 6.45) is 0.695. The van der Waals surface area contributed by atoms with Crippen molar-refractivity contribution in [1.82, 2.24) is 34.2 Å². The number of amides is 2. The summed E-state index contributed by atoms with van der Waals surface area (Å²) < 4.78 is 30.8. The molecule has 14 heteroatoms. The third-order valence-corrected chi connectivity index (χ3v) is 8.16. The zero-order chi connectivity index (χ0) is 32.7. The number of hydrogen-bond donors (Lipinski definition) is 1. The highest BCUT2D eigenvalue weighted by Crippen LogP contribution is 2.34. The number of morpholine rings is 1. The summed E-state index contributed by atoms with van der Waals surface area (Å²) in [7, 11) is 0. The van der Waals surface area contributed by atoms with E-state index in [0.29, 0.717) is 73.9 Å². The molecule has 2 aliphatic heterocycles. The Labute approximate surface area is 266 Å². The van der Waals surface area contributed by atoms with Gasteiger partial charge < -0.3 is 19.3 Å². The maximum Gasteiger partial charge on any atom is 0.410 e. The lowest BCUT2D eigenvalue weighted by Crippen LogP contribution is -2.44. The van der Waals surface area contributed by atoms with Crippen molar-refractivity contribution in [1.29, 1.82) is 0 Å². The highest BCUT2D eigenvalue weighted by molar-refractivity contribution is 5.90. The largest absolute Gasteiger partial charge is 0.444 e. The van der Waals surface area contributed by atoms with Crippen molar-refractivity contribution in [3.8, 4) is 17.2 Å². The van der Waals surface area contributed by atoms with Crippen LogP contribution >= 0.6 is 0 Å². The molecule has 1 N–H and O–H groups in total. The standard InChI is InChI=1S/C32H40FN9O4/c1-19-18-45-16-15-40(19)26-17-24(36-30(37-26)41-25-10-8-7-9-23(25)35-29(41)34-21(3)43)27-20(2)38-42(28(27)33)22-11-13-39(14-12-22)31(44)46-32(4,5)6/h7-10,17,19,22H,11-16,18H2,1-6H3,(H,34,35,43)/t19-/m1/s1. The number of nitrogens with one attached hydrogen (secondary N) is 1. The molecule has 3 aromatic heterocycles. The number of rotatable bonds is 5. The van der Waals surface area contributed by atoms with Crippen LogP contribution in [0.2, 0.25) is 0 Å². The Morgan fingerprint density at radius 1 is 1.09 bits per heavy atom. The molecule has 0 aliphatic carbocycles. The molecule has 5 heterocycles. The first-order valence-electron chi connectivity index (χ1n) is 15.6. The zero-order valence-corrected chi connectivity index (χ0v) is 27.1. The van der Waals surface area contributed by atoms with Crippen LogP contribution in [-0.2, 0) is 14.3 Å². The number of halogens is 1. The number of para-hydroxylation sites is 2. The lowest BCUT2D eigenvalue weighted by molar-refractivity contribution is -0.114. The van der Waals surface area contributed by atoms with E-state index >= 15 is 4.39 Å². The van der Waals surface area contributed by atoms with E-state index in [4.69, 9.17) is 19.4 Å². The molecule has 0 unspecified atom stereocenters. The molecule has 2 saturated heterocycles. The average molecular weight is 634 g/mol. The molecule has 0 bridgehead atoms. The molecule has 0 radical (unpaired) electrons. The molecule has 1 atom stereocenters. The van der Waals surface area contributed by atoms with Gasteiger partial charge in [-0.1, -0.05) is 12.1 Å². The number of imidazole rings is 1. The Bertz CT molecular complexity index is 1770. The Morgan fingerprint density at radius 2 is 1.83 bits per heavy atom. The first kappa shape index (κ1) is 31.4. The van der Waals surface area contributed by atoms with Crippen molar-refractivity contribution in [2.45, 2.75) is 72.1 Å². The molecule has 0 saturated carbocycles. The summed E-state index contributed by atoms with van der Waals surface area (Å²) in [5.41, 5.74) is 1.86. The Balaban J connectivity index is 1.41. The van der Waals surface area contributed by atoms with Gasteiger partial charge in [0.25, 0.3) is 0 Å². The number of piperidine rings is 1. The highest BCUT2D eigenvalue weighted by Gasteiger charge is 2.32. The smallest absolute Gasteiger partial charge is 0.410 e. The van der Waals surface area contributed by atoms with Crippen LogP contribution in [0.3, 0.4) is 0 Å². The van der Waals surface area contributed by atoms with E-state index in [1.807, 2.05) is 52.0 Å². The van der Waals surface area contributed by atoms with Crippen molar-refractivity contribution >= 4 is 34.8 Å². The Kier molecular flexibility index (Phi) is 8.40. The molecule has 13 nitrogen and oxygen atoms in total. The second-order valence-corrected chi connectivity index (χ2v) is 12.9. The monoisotopic (exact) mass is 633 g/mol. The predicted octanol–water partition coefficient (Wildman–Crippen LogP) is 4.88. The second kappa shape index (κ2) is 12.3. The number of carbonyl (C=O) groups excluding carboxylic acids is 2.